The minimum Gasteiger partial charge on any atom is -0.293 e. The summed E-state index contributed by atoms with van der Waals surface area (Å²) >= 11 is 7.17. The Morgan fingerprint density at radius 1 is 1.50 bits per heavy atom. The second kappa shape index (κ2) is 6.38. The Labute approximate surface area is 106 Å². The molecule has 1 heterocycles. The Bertz CT molecular complexity index is 349. The predicted molar refractivity (Wildman–Crippen MR) is 70.7 cm³/mol. The second-order valence-electron chi connectivity index (χ2n) is 4.09. The van der Waals surface area contributed by atoms with Crippen molar-refractivity contribution in [3.63, 3.8) is 0 Å². The van der Waals surface area contributed by atoms with Crippen LogP contribution in [0.5, 0.6) is 0 Å². The zero-order valence-corrected chi connectivity index (χ0v) is 11.6. The minimum atomic E-state index is 0.166. The van der Waals surface area contributed by atoms with Crippen LogP contribution in [0.2, 0.25) is 4.34 Å². The first-order valence-electron chi connectivity index (χ1n) is 5.57. The SMILES string of the molecule is CCCN(CC(=O)c1ccc(Cl)s1)C(C)C. The molecular weight excluding hydrogens is 242 g/mol. The number of halogens is 1. The molecule has 16 heavy (non-hydrogen) atoms. The fourth-order valence-corrected chi connectivity index (χ4v) is 2.51. The van der Waals surface area contributed by atoms with Crippen molar-refractivity contribution >= 4 is 28.7 Å². The lowest BCUT2D eigenvalue weighted by Crippen LogP contribution is -2.36. The molecule has 1 aromatic heterocycles. The highest BCUT2D eigenvalue weighted by Gasteiger charge is 2.15. The molecule has 0 unspecified atom stereocenters. The number of nitrogens with zero attached hydrogens (tertiary/aromatic N) is 1. The zero-order chi connectivity index (χ0) is 12.1. The molecule has 90 valence electrons. The number of Topliss-reactive ketones (excluding diaryl/α,β-unsaturated/α-hetero) is 1. The largest absolute Gasteiger partial charge is 0.293 e. The summed E-state index contributed by atoms with van der Waals surface area (Å²) in [6.07, 6.45) is 1.07. The molecule has 2 nitrogen and oxygen atoms in total. The van der Waals surface area contributed by atoms with Crippen LogP contribution >= 0.6 is 22.9 Å². The summed E-state index contributed by atoms with van der Waals surface area (Å²) in [6.45, 7) is 7.81. The fourth-order valence-electron chi connectivity index (χ4n) is 1.53. The highest BCUT2D eigenvalue weighted by Crippen LogP contribution is 2.22. The standard InChI is InChI=1S/C12H18ClNOS/c1-4-7-14(9(2)3)8-10(15)11-5-6-12(13)16-11/h5-6,9H,4,7-8H2,1-3H3. The molecule has 0 N–H and O–H groups in total. The van der Waals surface area contributed by atoms with Gasteiger partial charge in [0.2, 0.25) is 0 Å². The van der Waals surface area contributed by atoms with E-state index in [4.69, 9.17) is 11.6 Å². The molecule has 0 amide bonds. The van der Waals surface area contributed by atoms with Crippen molar-refractivity contribution in [1.82, 2.24) is 4.90 Å². The molecule has 0 atom stereocenters. The monoisotopic (exact) mass is 259 g/mol. The Kier molecular flexibility index (Phi) is 5.46. The Morgan fingerprint density at radius 2 is 2.19 bits per heavy atom. The van der Waals surface area contributed by atoms with Gasteiger partial charge in [-0.3, -0.25) is 9.69 Å². The van der Waals surface area contributed by atoms with Gasteiger partial charge in [-0.1, -0.05) is 18.5 Å². The van der Waals surface area contributed by atoms with Crippen molar-refractivity contribution in [2.75, 3.05) is 13.1 Å². The Balaban J connectivity index is 2.61. The lowest BCUT2D eigenvalue weighted by Gasteiger charge is -2.24. The molecule has 1 rings (SSSR count). The van der Waals surface area contributed by atoms with Crippen LogP contribution in [0.1, 0.15) is 36.9 Å². The summed E-state index contributed by atoms with van der Waals surface area (Å²) < 4.78 is 0.676. The van der Waals surface area contributed by atoms with Gasteiger partial charge in [-0.05, 0) is 38.9 Å². The first-order valence-corrected chi connectivity index (χ1v) is 6.76. The quantitative estimate of drug-likeness (QED) is 0.726. The zero-order valence-electron chi connectivity index (χ0n) is 10.00. The number of ketones is 1. The normalized spacial score (nSPS) is 11.4. The molecule has 0 saturated heterocycles. The lowest BCUT2D eigenvalue weighted by molar-refractivity contribution is 0.0910. The maximum atomic E-state index is 12.0. The fraction of sp³-hybridized carbons (Fsp3) is 0.583. The van der Waals surface area contributed by atoms with Gasteiger partial charge < -0.3 is 0 Å². The molecule has 0 aromatic carbocycles. The molecule has 1 aromatic rings. The smallest absolute Gasteiger partial charge is 0.186 e. The molecule has 0 bridgehead atoms. The van der Waals surface area contributed by atoms with Gasteiger partial charge in [-0.15, -0.1) is 11.3 Å². The van der Waals surface area contributed by atoms with E-state index in [2.05, 4.69) is 25.7 Å². The number of carbonyl (C=O) groups is 1. The van der Waals surface area contributed by atoms with Gasteiger partial charge in [0.25, 0.3) is 0 Å². The highest BCUT2D eigenvalue weighted by atomic mass is 35.5. The van der Waals surface area contributed by atoms with E-state index >= 15 is 0 Å². The van der Waals surface area contributed by atoms with Gasteiger partial charge in [0.15, 0.2) is 5.78 Å². The van der Waals surface area contributed by atoms with E-state index in [0.717, 1.165) is 17.8 Å². The van der Waals surface area contributed by atoms with Gasteiger partial charge in [0, 0.05) is 6.04 Å². The van der Waals surface area contributed by atoms with Crippen LogP contribution in [-0.2, 0) is 0 Å². The third-order valence-electron chi connectivity index (χ3n) is 2.44. The summed E-state index contributed by atoms with van der Waals surface area (Å²) in [7, 11) is 0. The molecule has 0 saturated carbocycles. The van der Waals surface area contributed by atoms with Crippen molar-refractivity contribution in [1.29, 1.82) is 0 Å². The number of hydrogen-bond acceptors (Lipinski definition) is 3. The van der Waals surface area contributed by atoms with Crippen LogP contribution in [0, 0.1) is 0 Å². The Morgan fingerprint density at radius 3 is 2.62 bits per heavy atom. The molecule has 0 aliphatic rings. The van der Waals surface area contributed by atoms with Gasteiger partial charge in [-0.2, -0.15) is 0 Å². The maximum absolute atomic E-state index is 12.0. The first kappa shape index (κ1) is 13.7. The number of thiophene rings is 1. The molecule has 0 radical (unpaired) electrons. The summed E-state index contributed by atoms with van der Waals surface area (Å²) in [6, 6.07) is 3.98. The van der Waals surface area contributed by atoms with Crippen molar-refractivity contribution in [3.05, 3.63) is 21.3 Å². The summed E-state index contributed by atoms with van der Waals surface area (Å²) in [4.78, 5) is 14.9. The van der Waals surface area contributed by atoms with Crippen molar-refractivity contribution in [2.24, 2.45) is 0 Å². The van der Waals surface area contributed by atoms with E-state index in [1.54, 1.807) is 12.1 Å². The average molecular weight is 260 g/mol. The van der Waals surface area contributed by atoms with Gasteiger partial charge in [0.05, 0.1) is 15.8 Å². The first-order chi connectivity index (χ1) is 7.54. The van der Waals surface area contributed by atoms with Gasteiger partial charge >= 0.3 is 0 Å². The van der Waals surface area contributed by atoms with Crippen LogP contribution in [0.15, 0.2) is 12.1 Å². The molecular formula is C12H18ClNOS. The molecule has 4 heteroatoms. The van der Waals surface area contributed by atoms with Crippen molar-refractivity contribution in [2.45, 2.75) is 33.2 Å². The van der Waals surface area contributed by atoms with Gasteiger partial charge in [-0.25, -0.2) is 0 Å². The molecule has 0 spiro atoms. The highest BCUT2D eigenvalue weighted by molar-refractivity contribution is 7.18. The van der Waals surface area contributed by atoms with E-state index in [1.165, 1.54) is 11.3 Å². The number of rotatable bonds is 6. The molecule has 0 fully saturated rings. The minimum absolute atomic E-state index is 0.166. The van der Waals surface area contributed by atoms with Gasteiger partial charge in [0.1, 0.15) is 0 Å². The van der Waals surface area contributed by atoms with E-state index in [9.17, 15) is 4.79 Å². The van der Waals surface area contributed by atoms with Crippen LogP contribution in [0.3, 0.4) is 0 Å². The summed E-state index contributed by atoms with van der Waals surface area (Å²) in [5, 5.41) is 0. The maximum Gasteiger partial charge on any atom is 0.186 e. The van der Waals surface area contributed by atoms with E-state index in [-0.39, 0.29) is 5.78 Å². The van der Waals surface area contributed by atoms with Crippen LogP contribution in [0.25, 0.3) is 0 Å². The second-order valence-corrected chi connectivity index (χ2v) is 5.81. The summed E-state index contributed by atoms with van der Waals surface area (Å²) in [5.41, 5.74) is 0. The lowest BCUT2D eigenvalue weighted by atomic mass is 10.2. The third kappa shape index (κ3) is 3.89. The van der Waals surface area contributed by atoms with Crippen LogP contribution in [0.4, 0.5) is 0 Å². The predicted octanol–water partition coefficient (Wildman–Crippen LogP) is 3.70. The van der Waals surface area contributed by atoms with E-state index < -0.39 is 0 Å². The van der Waals surface area contributed by atoms with Crippen LogP contribution in [-0.4, -0.2) is 29.8 Å². The van der Waals surface area contributed by atoms with Crippen molar-refractivity contribution in [3.8, 4) is 0 Å². The van der Waals surface area contributed by atoms with E-state index in [0.29, 0.717) is 16.9 Å². The van der Waals surface area contributed by atoms with E-state index in [1.807, 2.05) is 0 Å². The molecule has 0 aliphatic carbocycles. The Hall–Kier alpha value is -0.380. The van der Waals surface area contributed by atoms with Crippen LogP contribution < -0.4 is 0 Å². The number of hydrogen-bond donors (Lipinski definition) is 0. The number of carbonyl (C=O) groups excluding carboxylic acids is 1. The topological polar surface area (TPSA) is 20.3 Å². The third-order valence-corrected chi connectivity index (χ3v) is 3.71. The summed E-state index contributed by atoms with van der Waals surface area (Å²) in [5.74, 6) is 0.166. The molecule has 0 aliphatic heterocycles. The average Bonchev–Trinajstić information content (AvgIpc) is 2.64. The van der Waals surface area contributed by atoms with Crippen molar-refractivity contribution < 1.29 is 4.79 Å².